The molecule has 1 saturated carbocycles. The molecule has 0 aromatic carbocycles. The third-order valence-corrected chi connectivity index (χ3v) is 3.23. The number of nitrogens with zero attached hydrogens (tertiary/aromatic N) is 2. The number of aromatic nitrogens is 2. The van der Waals surface area contributed by atoms with Gasteiger partial charge in [0.1, 0.15) is 5.60 Å². The van der Waals surface area contributed by atoms with Gasteiger partial charge < -0.3 is 15.4 Å². The predicted molar refractivity (Wildman–Crippen MR) is 79.6 cm³/mol. The number of carbonyl (C=O) groups excluding carboxylic acids is 1. The molecule has 1 aromatic rings. The molecular formula is C13H19BrN4O2. The zero-order valence-corrected chi connectivity index (χ0v) is 13.5. The van der Waals surface area contributed by atoms with Crippen LogP contribution in [0.25, 0.3) is 0 Å². The molecule has 1 fully saturated rings. The molecule has 0 aliphatic heterocycles. The Labute approximate surface area is 126 Å². The van der Waals surface area contributed by atoms with E-state index in [2.05, 4.69) is 36.5 Å². The third-order valence-electron chi connectivity index (χ3n) is 2.82. The van der Waals surface area contributed by atoms with Crippen LogP contribution in [0.4, 0.5) is 10.7 Å². The second kappa shape index (κ2) is 5.55. The van der Waals surface area contributed by atoms with Crippen molar-refractivity contribution in [1.29, 1.82) is 0 Å². The minimum Gasteiger partial charge on any atom is -0.444 e. The Morgan fingerprint density at radius 1 is 1.40 bits per heavy atom. The predicted octanol–water partition coefficient (Wildman–Crippen LogP) is 2.71. The minimum atomic E-state index is -0.484. The van der Waals surface area contributed by atoms with Gasteiger partial charge in [-0.1, -0.05) is 0 Å². The largest absolute Gasteiger partial charge is 0.444 e. The molecule has 1 amide bonds. The number of rotatable bonds is 4. The van der Waals surface area contributed by atoms with Gasteiger partial charge in [-0.3, -0.25) is 0 Å². The summed E-state index contributed by atoms with van der Waals surface area (Å²) >= 11 is 3.28. The first-order valence-corrected chi connectivity index (χ1v) is 7.30. The van der Waals surface area contributed by atoms with Gasteiger partial charge in [0, 0.05) is 18.9 Å². The summed E-state index contributed by atoms with van der Waals surface area (Å²) in [5.41, 5.74) is -0.721. The van der Waals surface area contributed by atoms with E-state index in [4.69, 9.17) is 4.74 Å². The van der Waals surface area contributed by atoms with Crippen molar-refractivity contribution in [2.45, 2.75) is 44.8 Å². The minimum absolute atomic E-state index is 0.237. The van der Waals surface area contributed by atoms with Crippen molar-refractivity contribution in [3.05, 3.63) is 16.9 Å². The highest BCUT2D eigenvalue weighted by Gasteiger charge is 2.45. The molecule has 0 unspecified atom stereocenters. The monoisotopic (exact) mass is 342 g/mol. The van der Waals surface area contributed by atoms with Crippen molar-refractivity contribution < 1.29 is 9.53 Å². The number of hydrogen-bond acceptors (Lipinski definition) is 5. The lowest BCUT2D eigenvalue weighted by molar-refractivity contribution is 0.0500. The summed E-state index contributed by atoms with van der Waals surface area (Å²) in [5.74, 6) is 0.547. The van der Waals surface area contributed by atoms with E-state index in [-0.39, 0.29) is 11.6 Å². The number of anilines is 1. The molecular weight excluding hydrogens is 324 g/mol. The van der Waals surface area contributed by atoms with Gasteiger partial charge in [0.25, 0.3) is 0 Å². The molecule has 20 heavy (non-hydrogen) atoms. The summed E-state index contributed by atoms with van der Waals surface area (Å²) in [6.45, 7) is 6.13. The summed E-state index contributed by atoms with van der Waals surface area (Å²) in [6, 6.07) is 0. The highest BCUT2D eigenvalue weighted by Crippen LogP contribution is 2.35. The Kier molecular flexibility index (Phi) is 4.17. The first-order chi connectivity index (χ1) is 9.28. The number of hydrogen-bond donors (Lipinski definition) is 2. The van der Waals surface area contributed by atoms with Crippen LogP contribution in [-0.4, -0.2) is 33.7 Å². The summed E-state index contributed by atoms with van der Waals surface area (Å²) in [6.07, 6.45) is 4.83. The number of nitrogens with one attached hydrogen (secondary N) is 2. The Hall–Kier alpha value is -1.37. The Morgan fingerprint density at radius 2 is 2.00 bits per heavy atom. The van der Waals surface area contributed by atoms with Gasteiger partial charge in [-0.2, -0.15) is 0 Å². The molecule has 0 atom stereocenters. The zero-order valence-electron chi connectivity index (χ0n) is 11.9. The van der Waals surface area contributed by atoms with E-state index in [9.17, 15) is 4.79 Å². The van der Waals surface area contributed by atoms with Crippen LogP contribution in [0.15, 0.2) is 16.9 Å². The maximum absolute atomic E-state index is 11.8. The first-order valence-electron chi connectivity index (χ1n) is 6.51. The van der Waals surface area contributed by atoms with Crippen molar-refractivity contribution in [3.63, 3.8) is 0 Å². The van der Waals surface area contributed by atoms with E-state index in [1.54, 1.807) is 12.4 Å². The Morgan fingerprint density at radius 3 is 2.50 bits per heavy atom. The number of ether oxygens (including phenoxy) is 1. The molecule has 2 rings (SSSR count). The second-order valence-corrected chi connectivity index (χ2v) is 6.90. The molecule has 0 spiro atoms. The van der Waals surface area contributed by atoms with Crippen molar-refractivity contribution in [2.75, 3.05) is 11.9 Å². The van der Waals surface area contributed by atoms with Crippen LogP contribution in [0.5, 0.6) is 0 Å². The molecule has 1 aliphatic rings. The maximum Gasteiger partial charge on any atom is 0.408 e. The SMILES string of the molecule is CC(C)(C)OC(=O)NC1(CNc2ncc(Br)cn2)CC1. The van der Waals surface area contributed by atoms with E-state index >= 15 is 0 Å². The fourth-order valence-electron chi connectivity index (χ4n) is 1.67. The molecule has 0 radical (unpaired) electrons. The highest BCUT2D eigenvalue weighted by molar-refractivity contribution is 9.10. The fraction of sp³-hybridized carbons (Fsp3) is 0.615. The molecule has 1 heterocycles. The van der Waals surface area contributed by atoms with Crippen LogP contribution < -0.4 is 10.6 Å². The number of alkyl carbamates (subject to hydrolysis) is 1. The Balaban J connectivity index is 1.83. The van der Waals surface area contributed by atoms with Crippen molar-refractivity contribution >= 4 is 28.0 Å². The van der Waals surface area contributed by atoms with Gasteiger partial charge in [0.15, 0.2) is 0 Å². The lowest BCUT2D eigenvalue weighted by atomic mass is 10.2. The van der Waals surface area contributed by atoms with Crippen molar-refractivity contribution in [1.82, 2.24) is 15.3 Å². The van der Waals surface area contributed by atoms with Gasteiger partial charge >= 0.3 is 6.09 Å². The van der Waals surface area contributed by atoms with Crippen LogP contribution >= 0.6 is 15.9 Å². The normalized spacial score (nSPS) is 16.4. The van der Waals surface area contributed by atoms with E-state index in [0.29, 0.717) is 12.5 Å². The molecule has 1 aromatic heterocycles. The van der Waals surface area contributed by atoms with Crippen molar-refractivity contribution in [3.8, 4) is 0 Å². The molecule has 0 saturated heterocycles. The number of carbonyl (C=O) groups is 1. The average molecular weight is 343 g/mol. The summed E-state index contributed by atoms with van der Waals surface area (Å²) in [4.78, 5) is 20.0. The van der Waals surface area contributed by atoms with E-state index in [1.165, 1.54) is 0 Å². The van der Waals surface area contributed by atoms with E-state index in [0.717, 1.165) is 17.3 Å². The summed E-state index contributed by atoms with van der Waals surface area (Å²) in [7, 11) is 0. The fourth-order valence-corrected chi connectivity index (χ4v) is 1.87. The maximum atomic E-state index is 11.8. The van der Waals surface area contributed by atoms with E-state index < -0.39 is 5.60 Å². The number of halogens is 1. The average Bonchev–Trinajstić information content (AvgIpc) is 3.06. The van der Waals surface area contributed by atoms with Gasteiger partial charge in [0.05, 0.1) is 10.0 Å². The highest BCUT2D eigenvalue weighted by atomic mass is 79.9. The van der Waals surface area contributed by atoms with Crippen LogP contribution in [0.2, 0.25) is 0 Å². The zero-order chi connectivity index (χ0) is 14.8. The molecule has 6 nitrogen and oxygen atoms in total. The van der Waals surface area contributed by atoms with Gasteiger partial charge in [0.2, 0.25) is 5.95 Å². The summed E-state index contributed by atoms with van der Waals surface area (Å²) < 4.78 is 6.10. The molecule has 1 aliphatic carbocycles. The van der Waals surface area contributed by atoms with Crippen LogP contribution in [0.3, 0.4) is 0 Å². The van der Waals surface area contributed by atoms with Crippen LogP contribution in [0.1, 0.15) is 33.6 Å². The Bertz CT molecular complexity index is 480. The van der Waals surface area contributed by atoms with Crippen molar-refractivity contribution in [2.24, 2.45) is 0 Å². The second-order valence-electron chi connectivity index (χ2n) is 5.99. The quantitative estimate of drug-likeness (QED) is 0.879. The van der Waals surface area contributed by atoms with Gasteiger partial charge in [-0.05, 0) is 49.5 Å². The van der Waals surface area contributed by atoms with Crippen LogP contribution in [0, 0.1) is 0 Å². The molecule has 0 bridgehead atoms. The number of amides is 1. The standard InChI is InChI=1S/C13H19BrN4O2/c1-12(2,3)20-11(19)18-13(4-5-13)8-17-10-15-6-9(14)7-16-10/h6-7H,4-5,8H2,1-3H3,(H,18,19)(H,15,16,17). The lowest BCUT2D eigenvalue weighted by Gasteiger charge is -2.23. The topological polar surface area (TPSA) is 76.1 Å². The van der Waals surface area contributed by atoms with Gasteiger partial charge in [-0.15, -0.1) is 0 Å². The molecule has 110 valence electrons. The lowest BCUT2D eigenvalue weighted by Crippen LogP contribution is -2.44. The third kappa shape index (κ3) is 4.63. The molecule has 2 N–H and O–H groups in total. The summed E-state index contributed by atoms with van der Waals surface area (Å²) in [5, 5.41) is 6.05. The van der Waals surface area contributed by atoms with Crippen LogP contribution in [-0.2, 0) is 4.74 Å². The van der Waals surface area contributed by atoms with Gasteiger partial charge in [-0.25, -0.2) is 14.8 Å². The van der Waals surface area contributed by atoms with E-state index in [1.807, 2.05) is 20.8 Å². The molecule has 7 heteroatoms. The first kappa shape index (κ1) is 15.0. The smallest absolute Gasteiger partial charge is 0.408 e.